The molecule has 90 valence electrons. The minimum atomic E-state index is -0.985. The zero-order chi connectivity index (χ0) is 12.3. The molecule has 17 heavy (non-hydrogen) atoms. The third-order valence-corrected chi connectivity index (χ3v) is 2.79. The van der Waals surface area contributed by atoms with E-state index in [0.29, 0.717) is 0 Å². The fraction of sp³-hybridized carbons (Fsp3) is 0.200. The first-order valence-corrected chi connectivity index (χ1v) is 5.68. The average Bonchev–Trinajstić information content (AvgIpc) is 2.74. The molecule has 6 nitrogen and oxygen atoms in total. The van der Waals surface area contributed by atoms with Crippen molar-refractivity contribution < 1.29 is 9.52 Å². The van der Waals surface area contributed by atoms with Crippen LogP contribution in [0.3, 0.4) is 0 Å². The molecule has 0 fully saturated rings. The van der Waals surface area contributed by atoms with E-state index in [1.807, 2.05) is 24.3 Å². The number of aromatic amines is 1. The Labute approximate surface area is 105 Å². The molecule has 1 heterocycles. The number of para-hydroxylation sites is 1. The maximum absolute atomic E-state index is 10.7. The van der Waals surface area contributed by atoms with E-state index >= 15 is 0 Å². The monoisotopic (exact) mass is 299 g/mol. The van der Waals surface area contributed by atoms with Gasteiger partial charge in [0.2, 0.25) is 5.89 Å². The van der Waals surface area contributed by atoms with Gasteiger partial charge in [-0.05, 0) is 28.1 Å². The van der Waals surface area contributed by atoms with Gasteiger partial charge in [-0.15, -0.1) is 5.10 Å². The second kappa shape index (κ2) is 5.15. The van der Waals surface area contributed by atoms with Crippen molar-refractivity contribution in [2.24, 2.45) is 0 Å². The Bertz CT molecular complexity index is 551. The molecule has 0 amide bonds. The minimum absolute atomic E-state index is 0.0328. The zero-order valence-electron chi connectivity index (χ0n) is 8.68. The summed E-state index contributed by atoms with van der Waals surface area (Å²) in [5.41, 5.74) is 0.837. The Morgan fingerprint density at radius 2 is 2.29 bits per heavy atom. The summed E-state index contributed by atoms with van der Waals surface area (Å²) in [5.74, 6) is -0.713. The first-order chi connectivity index (χ1) is 8.16. The predicted octanol–water partition coefficient (Wildman–Crippen LogP) is 1.27. The van der Waals surface area contributed by atoms with Crippen molar-refractivity contribution in [2.75, 3.05) is 11.9 Å². The molecular weight excluding hydrogens is 290 g/mol. The number of H-pyrrole nitrogens is 1. The van der Waals surface area contributed by atoms with Gasteiger partial charge in [0, 0.05) is 16.7 Å². The van der Waals surface area contributed by atoms with Crippen molar-refractivity contribution in [3.63, 3.8) is 0 Å². The number of aliphatic hydroxyl groups is 1. The second-order valence-electron chi connectivity index (χ2n) is 3.33. The summed E-state index contributed by atoms with van der Waals surface area (Å²) >= 11 is 3.37. The lowest BCUT2D eigenvalue weighted by Gasteiger charge is -2.10. The molecule has 1 aromatic heterocycles. The van der Waals surface area contributed by atoms with Crippen LogP contribution in [0.4, 0.5) is 5.69 Å². The van der Waals surface area contributed by atoms with Crippen LogP contribution in [-0.4, -0.2) is 21.8 Å². The van der Waals surface area contributed by atoms with Crippen LogP contribution in [0, 0.1) is 0 Å². The third kappa shape index (κ3) is 2.95. The highest BCUT2D eigenvalue weighted by atomic mass is 79.9. The number of hydrogen-bond acceptors (Lipinski definition) is 5. The molecule has 0 aliphatic heterocycles. The van der Waals surface area contributed by atoms with Gasteiger partial charge in [0.15, 0.2) is 0 Å². The molecule has 0 spiro atoms. The van der Waals surface area contributed by atoms with Crippen LogP contribution in [0.5, 0.6) is 0 Å². The lowest BCUT2D eigenvalue weighted by molar-refractivity contribution is 0.154. The van der Waals surface area contributed by atoms with Crippen molar-refractivity contribution >= 4 is 21.6 Å². The number of nitrogens with one attached hydrogen (secondary N) is 2. The van der Waals surface area contributed by atoms with Gasteiger partial charge < -0.3 is 14.8 Å². The van der Waals surface area contributed by atoms with E-state index in [0.717, 1.165) is 10.2 Å². The number of hydrogen-bond donors (Lipinski definition) is 3. The summed E-state index contributed by atoms with van der Waals surface area (Å²) in [7, 11) is 0. The van der Waals surface area contributed by atoms with Gasteiger partial charge in [0.05, 0.1) is 0 Å². The molecule has 1 unspecified atom stereocenters. The van der Waals surface area contributed by atoms with E-state index in [1.165, 1.54) is 0 Å². The van der Waals surface area contributed by atoms with E-state index in [1.54, 1.807) is 0 Å². The molecule has 0 aliphatic carbocycles. The normalized spacial score (nSPS) is 12.4. The first kappa shape index (κ1) is 11.9. The number of halogens is 1. The van der Waals surface area contributed by atoms with Crippen molar-refractivity contribution in [1.29, 1.82) is 0 Å². The highest BCUT2D eigenvalue weighted by molar-refractivity contribution is 9.10. The summed E-state index contributed by atoms with van der Waals surface area (Å²) in [6.07, 6.45) is -0.985. The molecule has 1 atom stereocenters. The van der Waals surface area contributed by atoms with Crippen LogP contribution in [0.1, 0.15) is 12.0 Å². The molecule has 2 aromatic rings. The highest BCUT2D eigenvalue weighted by Gasteiger charge is 2.14. The van der Waals surface area contributed by atoms with Gasteiger partial charge in [-0.1, -0.05) is 12.1 Å². The molecule has 2 rings (SSSR count). The average molecular weight is 300 g/mol. The van der Waals surface area contributed by atoms with Crippen molar-refractivity contribution in [3.05, 3.63) is 45.2 Å². The molecule has 7 heteroatoms. The van der Waals surface area contributed by atoms with Crippen LogP contribution >= 0.6 is 15.9 Å². The minimum Gasteiger partial charge on any atom is -0.390 e. The topological polar surface area (TPSA) is 91.2 Å². The number of benzene rings is 1. The largest absolute Gasteiger partial charge is 0.434 e. The van der Waals surface area contributed by atoms with Crippen LogP contribution < -0.4 is 11.1 Å². The Kier molecular flexibility index (Phi) is 3.60. The molecule has 0 radical (unpaired) electrons. The summed E-state index contributed by atoms with van der Waals surface area (Å²) in [5, 5.41) is 18.3. The van der Waals surface area contributed by atoms with Gasteiger partial charge in [-0.2, -0.15) is 0 Å². The molecule has 1 aromatic carbocycles. The van der Waals surface area contributed by atoms with Crippen LogP contribution in [-0.2, 0) is 0 Å². The number of anilines is 1. The maximum atomic E-state index is 10.7. The smallest absolute Gasteiger partial charge is 0.390 e. The van der Waals surface area contributed by atoms with E-state index < -0.39 is 11.9 Å². The van der Waals surface area contributed by atoms with Crippen molar-refractivity contribution in [2.45, 2.75) is 6.10 Å². The summed E-state index contributed by atoms with van der Waals surface area (Å²) in [6.45, 7) is 0.191. The molecule has 0 aliphatic rings. The van der Waals surface area contributed by atoms with Gasteiger partial charge in [-0.3, -0.25) is 0 Å². The lowest BCUT2D eigenvalue weighted by atomic mass is 10.3. The number of nitrogens with zero attached hydrogens (tertiary/aromatic N) is 1. The van der Waals surface area contributed by atoms with Crippen molar-refractivity contribution in [3.8, 4) is 0 Å². The summed E-state index contributed by atoms with van der Waals surface area (Å²) in [4.78, 5) is 10.7. The van der Waals surface area contributed by atoms with Gasteiger partial charge in [0.25, 0.3) is 0 Å². The van der Waals surface area contributed by atoms with Gasteiger partial charge >= 0.3 is 5.76 Å². The predicted molar refractivity (Wildman–Crippen MR) is 64.7 cm³/mol. The third-order valence-electron chi connectivity index (χ3n) is 2.10. The number of rotatable bonds is 4. The summed E-state index contributed by atoms with van der Waals surface area (Å²) < 4.78 is 5.52. The SMILES string of the molecule is O=c1[nH]nc(C(O)CNc2ccccc2Br)o1. The van der Waals surface area contributed by atoms with Gasteiger partial charge in [-0.25, -0.2) is 9.89 Å². The van der Waals surface area contributed by atoms with Crippen LogP contribution in [0.2, 0.25) is 0 Å². The molecular formula is C10H10BrN3O3. The first-order valence-electron chi connectivity index (χ1n) is 4.88. The fourth-order valence-electron chi connectivity index (χ4n) is 1.28. The van der Waals surface area contributed by atoms with Crippen molar-refractivity contribution in [1.82, 2.24) is 10.2 Å². The highest BCUT2D eigenvalue weighted by Crippen LogP contribution is 2.21. The molecule has 0 bridgehead atoms. The molecule has 0 saturated carbocycles. The maximum Gasteiger partial charge on any atom is 0.434 e. The standard InChI is InChI=1S/C10H10BrN3O3/c11-6-3-1-2-4-7(6)12-5-8(15)9-13-14-10(16)17-9/h1-4,8,12,15H,5H2,(H,14,16). The Morgan fingerprint density at radius 3 is 2.94 bits per heavy atom. The van der Waals surface area contributed by atoms with Crippen LogP contribution in [0.15, 0.2) is 37.9 Å². The zero-order valence-corrected chi connectivity index (χ0v) is 10.3. The quantitative estimate of drug-likeness (QED) is 0.791. The van der Waals surface area contributed by atoms with E-state index in [9.17, 15) is 9.90 Å². The number of aromatic nitrogens is 2. The van der Waals surface area contributed by atoms with Crippen LogP contribution in [0.25, 0.3) is 0 Å². The van der Waals surface area contributed by atoms with E-state index in [-0.39, 0.29) is 12.4 Å². The fourth-order valence-corrected chi connectivity index (χ4v) is 1.71. The Morgan fingerprint density at radius 1 is 1.53 bits per heavy atom. The number of aliphatic hydroxyl groups excluding tert-OH is 1. The Balaban J connectivity index is 1.99. The summed E-state index contributed by atoms with van der Waals surface area (Å²) in [6, 6.07) is 7.49. The molecule has 3 N–H and O–H groups in total. The van der Waals surface area contributed by atoms with E-state index in [4.69, 9.17) is 0 Å². The second-order valence-corrected chi connectivity index (χ2v) is 4.18. The van der Waals surface area contributed by atoms with E-state index in [2.05, 4.69) is 35.9 Å². The Hall–Kier alpha value is -1.60. The lowest BCUT2D eigenvalue weighted by Crippen LogP contribution is -2.12. The van der Waals surface area contributed by atoms with Gasteiger partial charge in [0.1, 0.15) is 6.10 Å². The molecule has 0 saturated heterocycles.